The molecule has 20 heavy (non-hydrogen) atoms. The predicted octanol–water partition coefficient (Wildman–Crippen LogP) is 3.99. The Balaban J connectivity index is 2.91. The predicted molar refractivity (Wildman–Crippen MR) is 73.8 cm³/mol. The van der Waals surface area contributed by atoms with Crippen LogP contribution in [0.3, 0.4) is 0 Å². The van der Waals surface area contributed by atoms with Gasteiger partial charge in [-0.2, -0.15) is 13.2 Å². The van der Waals surface area contributed by atoms with Gasteiger partial charge in [-0.3, -0.25) is 0 Å². The Kier molecular flexibility index (Phi) is 3.62. The Labute approximate surface area is 121 Å². The summed E-state index contributed by atoms with van der Waals surface area (Å²) in [6.45, 7) is 3.77. The number of aromatic nitrogens is 2. The van der Waals surface area contributed by atoms with Gasteiger partial charge in [0, 0.05) is 6.04 Å². The molecule has 2 rings (SSSR count). The molecule has 0 amide bonds. The average Bonchev–Trinajstić information content (AvgIpc) is 2.64. The van der Waals surface area contributed by atoms with E-state index in [1.807, 2.05) is 13.8 Å². The van der Waals surface area contributed by atoms with Gasteiger partial charge in [0.25, 0.3) is 0 Å². The summed E-state index contributed by atoms with van der Waals surface area (Å²) in [6.07, 6.45) is -4.55. The molecule has 0 spiro atoms. The molecule has 1 heterocycles. The molecule has 1 aromatic heterocycles. The number of fused-ring (bicyclic) bond motifs is 1. The first kappa shape index (κ1) is 15.0. The van der Waals surface area contributed by atoms with Crippen LogP contribution in [0.5, 0.6) is 5.75 Å². The maximum absolute atomic E-state index is 13.0. The molecule has 0 unspecified atom stereocenters. The van der Waals surface area contributed by atoms with Crippen LogP contribution in [0, 0.1) is 0 Å². The zero-order valence-electron chi connectivity index (χ0n) is 11.0. The number of imidazole rings is 1. The Morgan fingerprint density at radius 3 is 2.45 bits per heavy atom. The number of rotatable bonds is 2. The fraction of sp³-hybridized carbons (Fsp3) is 0.417. The molecule has 0 aliphatic rings. The van der Waals surface area contributed by atoms with Crippen LogP contribution in [0.15, 0.2) is 10.8 Å². The van der Waals surface area contributed by atoms with Crippen molar-refractivity contribution in [2.24, 2.45) is 0 Å². The lowest BCUT2D eigenvalue weighted by atomic mass is 10.1. The number of nitrogen functional groups attached to an aromatic ring is 1. The number of benzene rings is 1. The van der Waals surface area contributed by atoms with E-state index in [9.17, 15) is 13.2 Å². The molecule has 0 saturated heterocycles. The van der Waals surface area contributed by atoms with Crippen molar-refractivity contribution in [2.75, 3.05) is 12.8 Å². The van der Waals surface area contributed by atoms with Crippen LogP contribution < -0.4 is 10.5 Å². The van der Waals surface area contributed by atoms with Crippen molar-refractivity contribution in [3.8, 4) is 5.75 Å². The fourth-order valence-corrected chi connectivity index (χ4v) is 2.92. The summed E-state index contributed by atoms with van der Waals surface area (Å²) in [5.74, 6) is -0.376. The van der Waals surface area contributed by atoms with E-state index >= 15 is 0 Å². The zero-order valence-corrected chi connectivity index (χ0v) is 12.6. The van der Waals surface area contributed by atoms with Crippen molar-refractivity contribution in [3.63, 3.8) is 0 Å². The number of anilines is 1. The van der Waals surface area contributed by atoms with Crippen LogP contribution >= 0.6 is 15.9 Å². The van der Waals surface area contributed by atoms with E-state index in [2.05, 4.69) is 20.9 Å². The van der Waals surface area contributed by atoms with Crippen LogP contribution in [-0.4, -0.2) is 16.7 Å². The summed E-state index contributed by atoms with van der Waals surface area (Å²) in [7, 11) is 1.16. The highest BCUT2D eigenvalue weighted by Gasteiger charge is 2.37. The number of halogens is 4. The van der Waals surface area contributed by atoms with Gasteiger partial charge < -0.3 is 15.0 Å². The summed E-state index contributed by atoms with van der Waals surface area (Å²) in [5, 5.41) is 0. The first-order valence-electron chi connectivity index (χ1n) is 5.79. The number of nitrogens with two attached hydrogens (primary N) is 1. The first-order chi connectivity index (χ1) is 9.18. The van der Waals surface area contributed by atoms with Crippen molar-refractivity contribution in [1.29, 1.82) is 0 Å². The molecule has 2 N–H and O–H groups in total. The fourth-order valence-electron chi connectivity index (χ4n) is 2.15. The second-order valence-corrected chi connectivity index (χ2v) is 5.29. The minimum absolute atomic E-state index is 0.0156. The number of alkyl halides is 3. The Morgan fingerprint density at radius 2 is 2.00 bits per heavy atom. The van der Waals surface area contributed by atoms with Gasteiger partial charge in [-0.15, -0.1) is 0 Å². The maximum Gasteiger partial charge on any atom is 0.420 e. The number of ether oxygens (including phenoxy) is 1. The summed E-state index contributed by atoms with van der Waals surface area (Å²) < 4.78 is 46.1. The average molecular weight is 352 g/mol. The largest absolute Gasteiger partial charge is 0.494 e. The van der Waals surface area contributed by atoms with Gasteiger partial charge in [-0.05, 0) is 35.8 Å². The molecular weight excluding hydrogens is 339 g/mol. The van der Waals surface area contributed by atoms with Crippen molar-refractivity contribution < 1.29 is 17.9 Å². The van der Waals surface area contributed by atoms with E-state index in [4.69, 9.17) is 10.5 Å². The quantitative estimate of drug-likeness (QED) is 0.832. The summed E-state index contributed by atoms with van der Waals surface area (Å²) in [5.41, 5.74) is 5.49. The highest BCUT2D eigenvalue weighted by Crippen LogP contribution is 2.44. The van der Waals surface area contributed by atoms with Crippen molar-refractivity contribution in [3.05, 3.63) is 16.4 Å². The van der Waals surface area contributed by atoms with Crippen LogP contribution in [0.25, 0.3) is 11.0 Å². The van der Waals surface area contributed by atoms with Gasteiger partial charge in [-0.1, -0.05) is 0 Å². The summed E-state index contributed by atoms with van der Waals surface area (Å²) >= 11 is 3.24. The van der Waals surface area contributed by atoms with Crippen LogP contribution in [-0.2, 0) is 6.18 Å². The standard InChI is InChI=1S/C12H13BrF3N3O/c1-5(2)19-9-7(18-11(19)13)4-6(12(14,15)16)10(20-3)8(9)17/h4-5H,17H2,1-3H3. The molecular formula is C12H13BrF3N3O. The molecule has 4 nitrogen and oxygen atoms in total. The molecule has 0 saturated carbocycles. The topological polar surface area (TPSA) is 53.1 Å². The Hall–Kier alpha value is -1.44. The van der Waals surface area contributed by atoms with Gasteiger partial charge in [0.15, 0.2) is 10.5 Å². The molecule has 0 fully saturated rings. The van der Waals surface area contributed by atoms with Gasteiger partial charge in [0.1, 0.15) is 11.3 Å². The van der Waals surface area contributed by atoms with E-state index in [1.165, 1.54) is 0 Å². The Bertz CT molecular complexity index is 664. The normalized spacial score (nSPS) is 12.4. The number of nitrogens with zero attached hydrogens (tertiary/aromatic N) is 2. The summed E-state index contributed by atoms with van der Waals surface area (Å²) in [6, 6.07) is 0.937. The highest BCUT2D eigenvalue weighted by atomic mass is 79.9. The molecule has 0 bridgehead atoms. The van der Waals surface area contributed by atoms with Crippen molar-refractivity contribution >= 4 is 32.7 Å². The van der Waals surface area contributed by atoms with Crippen LogP contribution in [0.2, 0.25) is 0 Å². The molecule has 0 radical (unpaired) electrons. The number of hydrogen-bond acceptors (Lipinski definition) is 3. The lowest BCUT2D eigenvalue weighted by molar-refractivity contribution is -0.138. The summed E-state index contributed by atoms with van der Waals surface area (Å²) in [4.78, 5) is 4.09. The SMILES string of the molecule is COc1c(C(F)(F)F)cc2nc(Br)n(C(C)C)c2c1N. The zero-order chi connectivity index (χ0) is 15.2. The molecule has 1 aromatic carbocycles. The van der Waals surface area contributed by atoms with Gasteiger partial charge >= 0.3 is 6.18 Å². The molecule has 2 aromatic rings. The molecule has 0 aliphatic heterocycles. The Morgan fingerprint density at radius 1 is 1.40 bits per heavy atom. The molecule has 8 heteroatoms. The minimum Gasteiger partial charge on any atom is -0.494 e. The third-order valence-corrected chi connectivity index (χ3v) is 3.51. The first-order valence-corrected chi connectivity index (χ1v) is 6.58. The van der Waals surface area contributed by atoms with E-state index in [0.717, 1.165) is 13.2 Å². The highest BCUT2D eigenvalue weighted by molar-refractivity contribution is 9.10. The van der Waals surface area contributed by atoms with Gasteiger partial charge in [0.2, 0.25) is 0 Å². The van der Waals surface area contributed by atoms with Gasteiger partial charge in [-0.25, -0.2) is 4.98 Å². The smallest absolute Gasteiger partial charge is 0.420 e. The molecule has 0 aliphatic carbocycles. The van der Waals surface area contributed by atoms with Crippen LogP contribution in [0.4, 0.5) is 18.9 Å². The monoisotopic (exact) mass is 351 g/mol. The number of methoxy groups -OCH3 is 1. The van der Waals surface area contributed by atoms with Crippen LogP contribution in [0.1, 0.15) is 25.5 Å². The molecule has 0 atom stereocenters. The van der Waals surface area contributed by atoms with E-state index < -0.39 is 11.7 Å². The third kappa shape index (κ3) is 2.21. The second kappa shape index (κ2) is 4.83. The van der Waals surface area contributed by atoms with E-state index in [1.54, 1.807) is 4.57 Å². The van der Waals surface area contributed by atoms with Gasteiger partial charge in [0.05, 0.1) is 18.1 Å². The lowest BCUT2D eigenvalue weighted by Gasteiger charge is -2.17. The minimum atomic E-state index is -4.55. The van der Waals surface area contributed by atoms with E-state index in [-0.39, 0.29) is 23.0 Å². The van der Waals surface area contributed by atoms with Crippen molar-refractivity contribution in [2.45, 2.75) is 26.1 Å². The third-order valence-electron chi connectivity index (χ3n) is 2.95. The van der Waals surface area contributed by atoms with E-state index in [0.29, 0.717) is 10.3 Å². The number of hydrogen-bond donors (Lipinski definition) is 1. The van der Waals surface area contributed by atoms with Crippen molar-refractivity contribution in [1.82, 2.24) is 9.55 Å². The lowest BCUT2D eigenvalue weighted by Crippen LogP contribution is -2.11. The maximum atomic E-state index is 13.0. The molecule has 110 valence electrons. The second-order valence-electron chi connectivity index (χ2n) is 4.58.